The fourth-order valence-corrected chi connectivity index (χ4v) is 11.0. The Morgan fingerprint density at radius 1 is 0.964 bits per heavy atom. The summed E-state index contributed by atoms with van der Waals surface area (Å²) < 4.78 is 16.1. The van der Waals surface area contributed by atoms with E-state index >= 15 is 0 Å². The highest BCUT2D eigenvalue weighted by Gasteiger charge is 2.68. The van der Waals surface area contributed by atoms with Crippen molar-refractivity contribution in [2.24, 2.45) is 40.9 Å². The summed E-state index contributed by atoms with van der Waals surface area (Å²) in [5.74, 6) is -8.08. The smallest absolute Gasteiger partial charge is 0.396 e. The maximum atomic E-state index is 13.9. The van der Waals surface area contributed by atoms with Crippen molar-refractivity contribution in [2.75, 3.05) is 6.61 Å². The molecule has 0 saturated heterocycles. The highest BCUT2D eigenvalue weighted by Crippen LogP contribution is 2.66. The van der Waals surface area contributed by atoms with Gasteiger partial charge in [0, 0.05) is 32.1 Å². The molecule has 4 aliphatic rings. The van der Waals surface area contributed by atoms with Crippen molar-refractivity contribution in [3.63, 3.8) is 0 Å². The number of Topliss-reactive ketones (excluding diaryl/α,β-unsaturated/α-hetero) is 1. The Morgan fingerprint density at radius 3 is 2.38 bits per heavy atom. The Morgan fingerprint density at radius 2 is 1.69 bits per heavy atom. The number of carboxylic acids is 1. The Bertz CT molecular complexity index is 1610. The SMILES string of the molecule is CCCCCC/C=C/[C@H]1CCC(=O)[C@@H]1C/C=C\C([C@H]1CC[C@H]2[C@@H]3CCc4ccccc4[C@H]3CC[C@]12C)C(C)(O)C(OC(C)=O)(OC(C)=O)C(=O)OCC(=O)O. The molecule has 0 bridgehead atoms. The predicted octanol–water partition coefficient (Wildman–Crippen LogP) is 8.04. The number of hydrogen-bond donors (Lipinski definition) is 2. The van der Waals surface area contributed by atoms with Gasteiger partial charge in [-0.25, -0.2) is 9.59 Å². The first kappa shape index (κ1) is 42.4. The van der Waals surface area contributed by atoms with E-state index in [1.165, 1.54) is 37.3 Å². The van der Waals surface area contributed by atoms with E-state index in [0.29, 0.717) is 37.0 Å². The first-order chi connectivity index (χ1) is 26.2. The molecule has 2 N–H and O–H groups in total. The third kappa shape index (κ3) is 8.95. The number of ether oxygens (including phenoxy) is 3. The fourth-order valence-electron chi connectivity index (χ4n) is 11.0. The van der Waals surface area contributed by atoms with Gasteiger partial charge in [0.25, 0.3) is 0 Å². The van der Waals surface area contributed by atoms with Crippen LogP contribution in [0.25, 0.3) is 0 Å². The number of ketones is 1. The second-order valence-corrected chi connectivity index (χ2v) is 17.0. The average molecular weight is 763 g/mol. The van der Waals surface area contributed by atoms with Gasteiger partial charge in [0.05, 0.1) is 0 Å². The number of unbranched alkanes of at least 4 members (excludes halogenated alkanes) is 4. The van der Waals surface area contributed by atoms with Crippen molar-refractivity contribution >= 4 is 29.7 Å². The number of allylic oxidation sites excluding steroid dienone is 3. The summed E-state index contributed by atoms with van der Waals surface area (Å²) in [6, 6.07) is 8.70. The number of carbonyl (C=O) groups is 5. The van der Waals surface area contributed by atoms with Gasteiger partial charge >= 0.3 is 29.7 Å². The number of carboxylic acid groups (broad SMARTS) is 1. The zero-order chi connectivity index (χ0) is 40.0. The second-order valence-electron chi connectivity index (χ2n) is 17.0. The Kier molecular flexibility index (Phi) is 13.9. The lowest BCUT2D eigenvalue weighted by Crippen LogP contribution is -2.67. The predicted molar refractivity (Wildman–Crippen MR) is 206 cm³/mol. The summed E-state index contributed by atoms with van der Waals surface area (Å²) in [5.41, 5.74) is 0.0847. The molecule has 9 atom stereocenters. The van der Waals surface area contributed by atoms with Gasteiger partial charge in [0.15, 0.2) is 12.2 Å². The normalized spacial score (nSPS) is 29.2. The van der Waals surface area contributed by atoms with Crippen LogP contribution in [0.3, 0.4) is 0 Å². The van der Waals surface area contributed by atoms with Gasteiger partial charge in [-0.15, -0.1) is 0 Å². The van der Waals surface area contributed by atoms with Crippen LogP contribution < -0.4 is 0 Å². The minimum absolute atomic E-state index is 0.0901. The van der Waals surface area contributed by atoms with Gasteiger partial charge in [-0.1, -0.05) is 81.7 Å². The second kappa shape index (κ2) is 18.0. The van der Waals surface area contributed by atoms with Gasteiger partial charge in [-0.2, -0.15) is 0 Å². The van der Waals surface area contributed by atoms with Crippen LogP contribution >= 0.6 is 0 Å². The van der Waals surface area contributed by atoms with Gasteiger partial charge in [-0.05, 0) is 117 Å². The van der Waals surface area contributed by atoms with Crippen molar-refractivity contribution in [2.45, 2.75) is 142 Å². The minimum Gasteiger partial charge on any atom is -0.479 e. The van der Waals surface area contributed by atoms with Crippen LogP contribution in [0, 0.1) is 40.9 Å². The first-order valence-corrected chi connectivity index (χ1v) is 20.6. The number of benzene rings is 1. The van der Waals surface area contributed by atoms with Gasteiger partial charge in [0.1, 0.15) is 5.78 Å². The topological polar surface area (TPSA) is 154 Å². The van der Waals surface area contributed by atoms with E-state index in [9.17, 15) is 34.2 Å². The van der Waals surface area contributed by atoms with Crippen molar-refractivity contribution < 1.29 is 48.4 Å². The van der Waals surface area contributed by atoms with Crippen LogP contribution in [0.1, 0.15) is 135 Å². The lowest BCUT2D eigenvalue weighted by molar-refractivity contribution is -0.299. The summed E-state index contributed by atoms with van der Waals surface area (Å²) in [7, 11) is 0. The summed E-state index contributed by atoms with van der Waals surface area (Å²) >= 11 is 0. The third-order valence-corrected chi connectivity index (χ3v) is 13.6. The van der Waals surface area contributed by atoms with Gasteiger partial charge in [-0.3, -0.25) is 14.4 Å². The van der Waals surface area contributed by atoms with E-state index in [4.69, 9.17) is 14.2 Å². The molecule has 0 spiro atoms. The van der Waals surface area contributed by atoms with E-state index in [2.05, 4.69) is 50.3 Å². The van der Waals surface area contributed by atoms with Crippen molar-refractivity contribution in [3.8, 4) is 0 Å². The molecule has 10 heteroatoms. The number of rotatable bonds is 17. The lowest BCUT2D eigenvalue weighted by Gasteiger charge is -2.54. The largest absolute Gasteiger partial charge is 0.479 e. The zero-order valence-corrected chi connectivity index (χ0v) is 33.4. The number of hydrogen-bond acceptors (Lipinski definition) is 9. The Balaban J connectivity index is 1.52. The van der Waals surface area contributed by atoms with Crippen molar-refractivity contribution in [1.29, 1.82) is 0 Å². The fraction of sp³-hybridized carbons (Fsp3) is 0.667. The molecule has 0 aromatic heterocycles. The molecular formula is C45H62O10. The molecule has 0 aliphatic heterocycles. The molecule has 0 radical (unpaired) electrons. The molecule has 1 aromatic rings. The van der Waals surface area contributed by atoms with E-state index in [-0.39, 0.29) is 29.0 Å². The maximum Gasteiger partial charge on any atom is 0.396 e. The van der Waals surface area contributed by atoms with Crippen LogP contribution in [0.5, 0.6) is 0 Å². The summed E-state index contributed by atoms with van der Waals surface area (Å²) in [4.78, 5) is 64.1. The maximum absolute atomic E-state index is 13.9. The highest BCUT2D eigenvalue weighted by molar-refractivity contribution is 5.87. The van der Waals surface area contributed by atoms with Gasteiger partial charge in [0.2, 0.25) is 0 Å². The number of aliphatic carboxylic acids is 1. The van der Waals surface area contributed by atoms with Crippen LogP contribution in [0.4, 0.5) is 0 Å². The molecule has 0 heterocycles. The van der Waals surface area contributed by atoms with Crippen LogP contribution in [0.15, 0.2) is 48.6 Å². The first-order valence-electron chi connectivity index (χ1n) is 20.6. The van der Waals surface area contributed by atoms with Crippen LogP contribution in [-0.4, -0.2) is 57.9 Å². The lowest BCUT2D eigenvalue weighted by atomic mass is 9.52. The molecule has 2 unspecified atom stereocenters. The number of fused-ring (bicyclic) bond motifs is 5. The molecule has 0 amide bonds. The summed E-state index contributed by atoms with van der Waals surface area (Å²) in [6.07, 6.45) is 20.8. The Hall–Kier alpha value is -3.79. The van der Waals surface area contributed by atoms with Crippen LogP contribution in [-0.2, 0) is 44.6 Å². The molecule has 1 aromatic carbocycles. The van der Waals surface area contributed by atoms with E-state index in [1.807, 2.05) is 12.2 Å². The summed E-state index contributed by atoms with van der Waals surface area (Å²) in [5, 5.41) is 22.3. The molecule has 10 nitrogen and oxygen atoms in total. The monoisotopic (exact) mass is 762 g/mol. The Labute approximate surface area is 326 Å². The molecule has 4 aliphatic carbocycles. The minimum atomic E-state index is -3.02. The standard InChI is InChI=1S/C45H62O10/c1-6-7-8-9-10-11-15-32-21-25-40(48)34(32)18-14-19-39(44(5,52)45(54-29(2)46,55-30(3)47)42(51)53-28-41(49)50)38-24-23-37-36-22-20-31-16-12-13-17-33(31)35(36)26-27-43(37,38)4/h11-17,19,32,34-39,52H,6-10,18,20-28H2,1-5H3,(H,49,50)/b15-11+,19-14-/t32-,34+,35+,36+,37-,38+,39?,43-,44?/m0/s1. The van der Waals surface area contributed by atoms with Gasteiger partial charge < -0.3 is 24.4 Å². The number of aliphatic hydroxyl groups is 1. The molecule has 3 saturated carbocycles. The molecule has 3 fully saturated rings. The van der Waals surface area contributed by atoms with Crippen LogP contribution in [0.2, 0.25) is 0 Å². The average Bonchev–Trinajstić information content (AvgIpc) is 3.67. The van der Waals surface area contributed by atoms with Crippen molar-refractivity contribution in [3.05, 3.63) is 59.7 Å². The highest BCUT2D eigenvalue weighted by atomic mass is 16.8. The number of aryl methyl sites for hydroxylation is 1. The molecule has 5 rings (SSSR count). The molecular weight excluding hydrogens is 700 g/mol. The van der Waals surface area contributed by atoms with E-state index < -0.39 is 47.8 Å². The van der Waals surface area contributed by atoms with E-state index in [0.717, 1.165) is 65.2 Å². The zero-order valence-electron chi connectivity index (χ0n) is 33.4. The third-order valence-electron chi connectivity index (χ3n) is 13.6. The number of carbonyl (C=O) groups excluding carboxylic acids is 4. The quantitative estimate of drug-likeness (QED) is 0.0690. The van der Waals surface area contributed by atoms with Crippen molar-refractivity contribution in [1.82, 2.24) is 0 Å². The van der Waals surface area contributed by atoms with E-state index in [1.54, 1.807) is 0 Å². The number of esters is 3. The molecule has 55 heavy (non-hydrogen) atoms. The molecule has 302 valence electrons. The summed E-state index contributed by atoms with van der Waals surface area (Å²) in [6.45, 7) is 6.67.